The number of carbonyl (C=O) groups is 1. The Morgan fingerprint density at radius 1 is 0.750 bits per heavy atom. The van der Waals surface area contributed by atoms with Gasteiger partial charge in [-0.05, 0) is 42.0 Å². The van der Waals surface area contributed by atoms with Gasteiger partial charge in [-0.3, -0.25) is 4.79 Å². The van der Waals surface area contributed by atoms with Crippen LogP contribution in [0.5, 0.6) is 0 Å². The van der Waals surface area contributed by atoms with Gasteiger partial charge in [0.25, 0.3) is 0 Å². The number of aryl methyl sites for hydroxylation is 1. The Balaban J connectivity index is 1.36. The zero-order chi connectivity index (χ0) is 19.4. The van der Waals surface area contributed by atoms with Crippen LogP contribution < -0.4 is 0 Å². The van der Waals surface area contributed by atoms with E-state index in [4.69, 9.17) is 4.74 Å². The van der Waals surface area contributed by atoms with E-state index >= 15 is 0 Å². The van der Waals surface area contributed by atoms with Crippen molar-refractivity contribution in [1.29, 1.82) is 0 Å². The summed E-state index contributed by atoms with van der Waals surface area (Å²) in [7, 11) is 0. The van der Waals surface area contributed by atoms with Gasteiger partial charge in [-0.2, -0.15) is 0 Å². The predicted octanol–water partition coefficient (Wildman–Crippen LogP) is 6.12. The van der Waals surface area contributed by atoms with Crippen molar-refractivity contribution < 1.29 is 9.53 Å². The van der Waals surface area contributed by atoms with Crippen molar-refractivity contribution in [2.45, 2.75) is 25.9 Å². The molecule has 0 spiro atoms. The van der Waals surface area contributed by atoms with Gasteiger partial charge >= 0.3 is 0 Å². The SMILES string of the molecule is O=C(C=Cc1ccc(CCCCOCc2ccccc2)cc1)c1ccccc1. The summed E-state index contributed by atoms with van der Waals surface area (Å²) in [5, 5.41) is 0. The normalized spacial score (nSPS) is 11.0. The number of rotatable bonds is 10. The first-order valence-corrected chi connectivity index (χ1v) is 9.79. The summed E-state index contributed by atoms with van der Waals surface area (Å²) in [6, 6.07) is 28.0. The van der Waals surface area contributed by atoms with E-state index in [9.17, 15) is 4.79 Å². The van der Waals surface area contributed by atoms with Crippen molar-refractivity contribution in [1.82, 2.24) is 0 Å². The van der Waals surface area contributed by atoms with E-state index < -0.39 is 0 Å². The average molecular weight is 370 g/mol. The second kappa shape index (κ2) is 11.0. The van der Waals surface area contributed by atoms with Gasteiger partial charge in [0.15, 0.2) is 5.78 Å². The molecule has 3 rings (SSSR count). The van der Waals surface area contributed by atoms with Crippen molar-refractivity contribution in [3.8, 4) is 0 Å². The number of carbonyl (C=O) groups excluding carboxylic acids is 1. The topological polar surface area (TPSA) is 26.3 Å². The highest BCUT2D eigenvalue weighted by atomic mass is 16.5. The van der Waals surface area contributed by atoms with Crippen molar-refractivity contribution in [2.24, 2.45) is 0 Å². The van der Waals surface area contributed by atoms with E-state index in [1.807, 2.05) is 54.6 Å². The summed E-state index contributed by atoms with van der Waals surface area (Å²) >= 11 is 0. The molecule has 3 aromatic carbocycles. The summed E-state index contributed by atoms with van der Waals surface area (Å²) in [4.78, 5) is 12.1. The summed E-state index contributed by atoms with van der Waals surface area (Å²) < 4.78 is 5.73. The lowest BCUT2D eigenvalue weighted by Crippen LogP contribution is -1.96. The van der Waals surface area contributed by atoms with Crippen LogP contribution in [0.25, 0.3) is 6.08 Å². The van der Waals surface area contributed by atoms with E-state index in [1.165, 1.54) is 11.1 Å². The highest BCUT2D eigenvalue weighted by Crippen LogP contribution is 2.11. The molecule has 0 heterocycles. The van der Waals surface area contributed by atoms with Crippen molar-refractivity contribution in [3.63, 3.8) is 0 Å². The minimum atomic E-state index is 0.0279. The van der Waals surface area contributed by atoms with Crippen molar-refractivity contribution >= 4 is 11.9 Å². The lowest BCUT2D eigenvalue weighted by atomic mass is 10.0. The molecular weight excluding hydrogens is 344 g/mol. The van der Waals surface area contributed by atoms with Gasteiger partial charge in [0, 0.05) is 12.2 Å². The van der Waals surface area contributed by atoms with Gasteiger partial charge in [-0.15, -0.1) is 0 Å². The molecule has 0 amide bonds. The fraction of sp³-hybridized carbons (Fsp3) is 0.192. The standard InChI is InChI=1S/C26H26O2/c27-26(25-12-5-2-6-13-25)19-18-23-16-14-22(15-17-23)9-7-8-20-28-21-24-10-3-1-4-11-24/h1-6,10-19H,7-9,20-21H2. The zero-order valence-electron chi connectivity index (χ0n) is 16.1. The monoisotopic (exact) mass is 370 g/mol. The molecule has 142 valence electrons. The number of hydrogen-bond acceptors (Lipinski definition) is 2. The van der Waals surface area contributed by atoms with Crippen LogP contribution in [0, 0.1) is 0 Å². The Morgan fingerprint density at radius 2 is 1.43 bits per heavy atom. The van der Waals surface area contributed by atoms with Gasteiger partial charge in [-0.1, -0.05) is 91.0 Å². The maximum atomic E-state index is 12.1. The molecule has 0 aliphatic rings. The highest BCUT2D eigenvalue weighted by molar-refractivity contribution is 6.06. The largest absolute Gasteiger partial charge is 0.377 e. The van der Waals surface area contributed by atoms with Gasteiger partial charge in [0.05, 0.1) is 6.61 Å². The van der Waals surface area contributed by atoms with E-state index in [-0.39, 0.29) is 5.78 Å². The fourth-order valence-electron chi connectivity index (χ4n) is 2.96. The molecule has 0 fully saturated rings. The first-order valence-electron chi connectivity index (χ1n) is 9.79. The molecule has 0 atom stereocenters. The Kier molecular flexibility index (Phi) is 7.78. The highest BCUT2D eigenvalue weighted by Gasteiger charge is 2.00. The average Bonchev–Trinajstić information content (AvgIpc) is 2.76. The van der Waals surface area contributed by atoms with Gasteiger partial charge in [0.2, 0.25) is 0 Å². The van der Waals surface area contributed by atoms with Gasteiger partial charge in [-0.25, -0.2) is 0 Å². The van der Waals surface area contributed by atoms with E-state index in [0.29, 0.717) is 12.2 Å². The molecule has 0 aromatic heterocycles. The summed E-state index contributed by atoms with van der Waals surface area (Å²) in [6.07, 6.45) is 6.71. The number of unbranched alkanes of at least 4 members (excludes halogenated alkanes) is 1. The number of ketones is 1. The van der Waals surface area contributed by atoms with Crippen LogP contribution in [0.3, 0.4) is 0 Å². The Hall–Kier alpha value is -2.97. The molecule has 28 heavy (non-hydrogen) atoms. The Bertz CT molecular complexity index is 865. The lowest BCUT2D eigenvalue weighted by Gasteiger charge is -2.05. The van der Waals surface area contributed by atoms with Crippen LogP contribution in [-0.2, 0) is 17.8 Å². The molecular formula is C26H26O2. The molecule has 0 aliphatic heterocycles. The quantitative estimate of drug-likeness (QED) is 0.244. The van der Waals surface area contributed by atoms with Gasteiger partial charge in [0.1, 0.15) is 0 Å². The van der Waals surface area contributed by atoms with Crippen LogP contribution >= 0.6 is 0 Å². The summed E-state index contributed by atoms with van der Waals surface area (Å²) in [5.74, 6) is 0.0279. The van der Waals surface area contributed by atoms with Gasteiger partial charge < -0.3 is 4.74 Å². The van der Waals surface area contributed by atoms with Crippen LogP contribution in [0.4, 0.5) is 0 Å². The molecule has 3 aromatic rings. The van der Waals surface area contributed by atoms with E-state index in [2.05, 4.69) is 36.4 Å². The molecule has 0 bridgehead atoms. The molecule has 2 heteroatoms. The molecule has 0 saturated heterocycles. The minimum Gasteiger partial charge on any atom is -0.377 e. The molecule has 0 saturated carbocycles. The van der Waals surface area contributed by atoms with Crippen LogP contribution in [0.2, 0.25) is 0 Å². The summed E-state index contributed by atoms with van der Waals surface area (Å²) in [6.45, 7) is 1.47. The predicted molar refractivity (Wildman–Crippen MR) is 115 cm³/mol. The maximum absolute atomic E-state index is 12.1. The van der Waals surface area contributed by atoms with E-state index in [0.717, 1.165) is 31.4 Å². The molecule has 0 radical (unpaired) electrons. The molecule has 0 unspecified atom stereocenters. The second-order valence-electron chi connectivity index (χ2n) is 6.80. The number of hydrogen-bond donors (Lipinski definition) is 0. The third kappa shape index (κ3) is 6.64. The summed E-state index contributed by atoms with van der Waals surface area (Å²) in [5.41, 5.74) is 4.29. The fourth-order valence-corrected chi connectivity index (χ4v) is 2.96. The third-order valence-corrected chi connectivity index (χ3v) is 4.58. The van der Waals surface area contributed by atoms with Crippen LogP contribution in [0.1, 0.15) is 39.9 Å². The lowest BCUT2D eigenvalue weighted by molar-refractivity contribution is 0.104. The van der Waals surface area contributed by atoms with Crippen molar-refractivity contribution in [3.05, 3.63) is 113 Å². The second-order valence-corrected chi connectivity index (χ2v) is 6.80. The molecule has 0 N–H and O–H groups in total. The smallest absolute Gasteiger partial charge is 0.185 e. The number of allylic oxidation sites excluding steroid dienone is 1. The Morgan fingerprint density at radius 3 is 2.14 bits per heavy atom. The van der Waals surface area contributed by atoms with Crippen LogP contribution in [0.15, 0.2) is 91.0 Å². The molecule has 0 aliphatic carbocycles. The third-order valence-electron chi connectivity index (χ3n) is 4.58. The number of ether oxygens (including phenoxy) is 1. The first-order chi connectivity index (χ1) is 13.8. The minimum absolute atomic E-state index is 0.0279. The first kappa shape index (κ1) is 19.8. The van der Waals surface area contributed by atoms with E-state index in [1.54, 1.807) is 6.08 Å². The van der Waals surface area contributed by atoms with Crippen molar-refractivity contribution in [2.75, 3.05) is 6.61 Å². The zero-order valence-corrected chi connectivity index (χ0v) is 16.1. The number of benzene rings is 3. The van der Waals surface area contributed by atoms with Crippen LogP contribution in [-0.4, -0.2) is 12.4 Å². The molecule has 2 nitrogen and oxygen atoms in total. The Labute approximate surface area is 167 Å². The maximum Gasteiger partial charge on any atom is 0.185 e.